The Morgan fingerprint density at radius 2 is 2.00 bits per heavy atom. The number of hydrogen-bond donors (Lipinski definition) is 1. The minimum Gasteiger partial charge on any atom is -0.385 e. The van der Waals surface area contributed by atoms with Gasteiger partial charge >= 0.3 is 0 Å². The van der Waals surface area contributed by atoms with Crippen LogP contribution in [0.2, 0.25) is 0 Å². The highest BCUT2D eigenvalue weighted by molar-refractivity contribution is 7.89. The summed E-state index contributed by atoms with van der Waals surface area (Å²) in [6, 6.07) is 5.85. The van der Waals surface area contributed by atoms with Crippen LogP contribution in [0.4, 0.5) is 5.69 Å². The smallest absolute Gasteiger partial charge is 0.243 e. The summed E-state index contributed by atoms with van der Waals surface area (Å²) in [6.45, 7) is 1.71. The number of aryl methyl sites for hydroxylation is 1. The van der Waals surface area contributed by atoms with E-state index in [1.807, 2.05) is 12.1 Å². The van der Waals surface area contributed by atoms with Gasteiger partial charge in [-0.1, -0.05) is 0 Å². The Hall–Kier alpha value is -1.07. The van der Waals surface area contributed by atoms with Crippen LogP contribution in [0, 0.1) is 5.92 Å². The number of rotatable bonds is 5. The van der Waals surface area contributed by atoms with Gasteiger partial charge in [0.2, 0.25) is 10.0 Å². The molecule has 5 heteroatoms. The average Bonchev–Trinajstić information content (AvgIpc) is 3.37. The molecule has 1 aromatic carbocycles. The van der Waals surface area contributed by atoms with E-state index in [0.29, 0.717) is 10.8 Å². The number of nitrogens with one attached hydrogen (secondary N) is 1. The molecular formula is C16H22N2O2S. The van der Waals surface area contributed by atoms with E-state index in [-0.39, 0.29) is 6.04 Å². The van der Waals surface area contributed by atoms with Crippen LogP contribution in [0.1, 0.15) is 37.7 Å². The van der Waals surface area contributed by atoms with Gasteiger partial charge in [0, 0.05) is 24.8 Å². The molecule has 0 saturated heterocycles. The van der Waals surface area contributed by atoms with Crippen molar-refractivity contribution in [2.75, 3.05) is 18.4 Å². The van der Waals surface area contributed by atoms with Crippen molar-refractivity contribution in [1.82, 2.24) is 4.31 Å². The predicted octanol–water partition coefficient (Wildman–Crippen LogP) is 2.61. The summed E-state index contributed by atoms with van der Waals surface area (Å²) in [5.74, 6) is 0.597. The van der Waals surface area contributed by atoms with Crippen molar-refractivity contribution in [3.05, 3.63) is 23.8 Å². The second-order valence-electron chi connectivity index (χ2n) is 6.60. The normalized spacial score (nSPS) is 22.0. The molecule has 1 heterocycles. The van der Waals surface area contributed by atoms with Gasteiger partial charge in [-0.25, -0.2) is 8.42 Å². The van der Waals surface area contributed by atoms with Gasteiger partial charge in [0.25, 0.3) is 0 Å². The van der Waals surface area contributed by atoms with Gasteiger partial charge in [0.1, 0.15) is 0 Å². The quantitative estimate of drug-likeness (QED) is 0.909. The summed E-state index contributed by atoms with van der Waals surface area (Å²) in [5, 5.41) is 3.34. The van der Waals surface area contributed by atoms with E-state index in [1.54, 1.807) is 10.4 Å². The molecule has 4 rings (SSSR count). The van der Waals surface area contributed by atoms with Crippen molar-refractivity contribution in [3.8, 4) is 0 Å². The largest absolute Gasteiger partial charge is 0.385 e. The van der Waals surface area contributed by atoms with Crippen molar-refractivity contribution in [3.63, 3.8) is 0 Å². The number of anilines is 1. The zero-order chi connectivity index (χ0) is 14.4. The number of sulfonamides is 1. The first-order valence-corrected chi connectivity index (χ1v) is 9.47. The molecule has 3 aliphatic rings. The van der Waals surface area contributed by atoms with Gasteiger partial charge in [-0.15, -0.1) is 0 Å². The molecule has 0 amide bonds. The van der Waals surface area contributed by atoms with Gasteiger partial charge in [0.05, 0.1) is 4.90 Å². The monoisotopic (exact) mass is 306 g/mol. The van der Waals surface area contributed by atoms with Crippen LogP contribution in [0.25, 0.3) is 0 Å². The highest BCUT2D eigenvalue weighted by Crippen LogP contribution is 2.38. The minimum absolute atomic E-state index is 0.254. The lowest BCUT2D eigenvalue weighted by atomic mass is 10.0. The third kappa shape index (κ3) is 2.69. The van der Waals surface area contributed by atoms with Crippen LogP contribution in [0.3, 0.4) is 0 Å². The molecule has 1 N–H and O–H groups in total. The lowest BCUT2D eigenvalue weighted by Gasteiger charge is -2.24. The summed E-state index contributed by atoms with van der Waals surface area (Å²) in [4.78, 5) is 0.484. The number of fused-ring (bicyclic) bond motifs is 1. The molecule has 114 valence electrons. The third-order valence-corrected chi connectivity index (χ3v) is 6.63. The van der Waals surface area contributed by atoms with Crippen LogP contribution in [0.15, 0.2) is 23.1 Å². The minimum atomic E-state index is -3.32. The molecule has 2 saturated carbocycles. The zero-order valence-corrected chi connectivity index (χ0v) is 13.0. The third-order valence-electron chi connectivity index (χ3n) is 4.71. The molecule has 21 heavy (non-hydrogen) atoms. The molecule has 1 aromatic rings. The van der Waals surface area contributed by atoms with Crippen LogP contribution in [-0.2, 0) is 16.4 Å². The molecule has 0 atom stereocenters. The SMILES string of the molecule is O=S(=O)(c1ccc2c(c1)CCCN2)N(CC1CC1)C1CC1. The molecule has 0 unspecified atom stereocenters. The van der Waals surface area contributed by atoms with Crippen molar-refractivity contribution in [2.24, 2.45) is 5.92 Å². The molecule has 1 aliphatic heterocycles. The Balaban J connectivity index is 1.65. The fourth-order valence-electron chi connectivity index (χ4n) is 3.11. The van der Waals surface area contributed by atoms with Gasteiger partial charge < -0.3 is 5.32 Å². The molecule has 0 radical (unpaired) electrons. The van der Waals surface area contributed by atoms with Crippen molar-refractivity contribution >= 4 is 15.7 Å². The van der Waals surface area contributed by atoms with Crippen LogP contribution in [-0.4, -0.2) is 31.9 Å². The maximum atomic E-state index is 13.0. The lowest BCUT2D eigenvalue weighted by Crippen LogP contribution is -2.35. The maximum Gasteiger partial charge on any atom is 0.243 e. The summed E-state index contributed by atoms with van der Waals surface area (Å²) < 4.78 is 27.7. The molecule has 0 bridgehead atoms. The Morgan fingerprint density at radius 1 is 1.19 bits per heavy atom. The Kier molecular flexibility index (Phi) is 3.23. The fourth-order valence-corrected chi connectivity index (χ4v) is 4.92. The summed E-state index contributed by atoms with van der Waals surface area (Å²) >= 11 is 0. The summed E-state index contributed by atoms with van der Waals surface area (Å²) in [6.07, 6.45) is 6.47. The van der Waals surface area contributed by atoms with Crippen LogP contribution in [0.5, 0.6) is 0 Å². The first kappa shape index (κ1) is 13.6. The highest BCUT2D eigenvalue weighted by Gasteiger charge is 2.41. The Bertz CT molecular complexity index is 648. The van der Waals surface area contributed by atoms with Crippen molar-refractivity contribution < 1.29 is 8.42 Å². The summed E-state index contributed by atoms with van der Waals surface area (Å²) in [7, 11) is -3.32. The van der Waals surface area contributed by atoms with E-state index < -0.39 is 10.0 Å². The standard InChI is InChI=1S/C16H22N2O2S/c19-21(20,18(14-5-6-14)11-12-3-4-12)15-7-8-16-13(10-15)2-1-9-17-16/h7-8,10,12,14,17H,1-6,9,11H2. The number of hydrogen-bond acceptors (Lipinski definition) is 3. The van der Waals surface area contributed by atoms with E-state index in [1.165, 1.54) is 12.8 Å². The fraction of sp³-hybridized carbons (Fsp3) is 0.625. The van der Waals surface area contributed by atoms with E-state index >= 15 is 0 Å². The Labute approximate surface area is 126 Å². The van der Waals surface area contributed by atoms with E-state index in [0.717, 1.165) is 50.0 Å². The van der Waals surface area contributed by atoms with E-state index in [9.17, 15) is 8.42 Å². The zero-order valence-electron chi connectivity index (χ0n) is 12.2. The Morgan fingerprint density at radius 3 is 2.71 bits per heavy atom. The van der Waals surface area contributed by atoms with E-state index in [4.69, 9.17) is 0 Å². The summed E-state index contributed by atoms with van der Waals surface area (Å²) in [5.41, 5.74) is 2.24. The molecular weight excluding hydrogens is 284 g/mol. The average molecular weight is 306 g/mol. The highest BCUT2D eigenvalue weighted by atomic mass is 32.2. The van der Waals surface area contributed by atoms with Gasteiger partial charge in [0.15, 0.2) is 0 Å². The lowest BCUT2D eigenvalue weighted by molar-refractivity contribution is 0.388. The second-order valence-corrected chi connectivity index (χ2v) is 8.49. The molecule has 2 aliphatic carbocycles. The first-order valence-electron chi connectivity index (χ1n) is 8.03. The molecule has 0 spiro atoms. The second kappa shape index (κ2) is 4.99. The van der Waals surface area contributed by atoms with Crippen molar-refractivity contribution in [1.29, 1.82) is 0 Å². The number of nitrogens with zero attached hydrogens (tertiary/aromatic N) is 1. The number of benzene rings is 1. The first-order chi connectivity index (χ1) is 10.1. The van der Waals surface area contributed by atoms with Crippen LogP contribution < -0.4 is 5.32 Å². The molecule has 2 fully saturated rings. The topological polar surface area (TPSA) is 49.4 Å². The van der Waals surface area contributed by atoms with Gasteiger partial charge in [-0.05, 0) is 68.2 Å². The maximum absolute atomic E-state index is 13.0. The van der Waals surface area contributed by atoms with Crippen molar-refractivity contribution in [2.45, 2.75) is 49.5 Å². The molecule has 4 nitrogen and oxygen atoms in total. The molecule has 0 aromatic heterocycles. The van der Waals surface area contributed by atoms with E-state index in [2.05, 4.69) is 5.32 Å². The predicted molar refractivity (Wildman–Crippen MR) is 82.9 cm³/mol. The van der Waals surface area contributed by atoms with Gasteiger partial charge in [-0.3, -0.25) is 0 Å². The van der Waals surface area contributed by atoms with Gasteiger partial charge in [-0.2, -0.15) is 4.31 Å². The van der Waals surface area contributed by atoms with Crippen LogP contribution >= 0.6 is 0 Å².